The molecule has 1 aromatic carbocycles. The highest BCUT2D eigenvalue weighted by atomic mass is 16.1. The van der Waals surface area contributed by atoms with Crippen molar-refractivity contribution in [1.29, 1.82) is 0 Å². The highest BCUT2D eigenvalue weighted by molar-refractivity contribution is 6.07. The summed E-state index contributed by atoms with van der Waals surface area (Å²) >= 11 is 0. The summed E-state index contributed by atoms with van der Waals surface area (Å²) in [7, 11) is 0. The van der Waals surface area contributed by atoms with Crippen LogP contribution in [0.15, 0.2) is 30.3 Å². The number of para-hydroxylation sites is 1. The molecule has 1 amide bonds. The molecule has 0 saturated carbocycles. The lowest BCUT2D eigenvalue weighted by Gasteiger charge is -2.32. The second-order valence-corrected chi connectivity index (χ2v) is 8.24. The third kappa shape index (κ3) is 4.35. The minimum Gasteiger partial charge on any atom is -0.356 e. The van der Waals surface area contributed by atoms with Crippen molar-refractivity contribution in [2.75, 3.05) is 18.0 Å². The van der Waals surface area contributed by atoms with Gasteiger partial charge in [-0.25, -0.2) is 4.98 Å². The Morgan fingerprint density at radius 3 is 2.81 bits per heavy atom. The number of fused-ring (bicyclic) bond motifs is 1. The Bertz CT molecular complexity index is 771. The molecule has 26 heavy (non-hydrogen) atoms. The highest BCUT2D eigenvalue weighted by Gasteiger charge is 2.21. The SMILES string of the molecule is CC(C)CC(C)NC(=O)c1cc(N2CCCC(C)C2)nc2ccccc12. The van der Waals surface area contributed by atoms with E-state index in [0.29, 0.717) is 11.8 Å². The Balaban J connectivity index is 1.93. The molecule has 0 bridgehead atoms. The van der Waals surface area contributed by atoms with Crippen LogP contribution in [0.1, 0.15) is 57.3 Å². The third-order valence-corrected chi connectivity index (χ3v) is 5.13. The summed E-state index contributed by atoms with van der Waals surface area (Å²) in [5, 5.41) is 4.10. The predicted octanol–water partition coefficient (Wildman–Crippen LogP) is 4.64. The number of anilines is 1. The van der Waals surface area contributed by atoms with Gasteiger partial charge < -0.3 is 10.2 Å². The normalized spacial score (nSPS) is 19.0. The first kappa shape index (κ1) is 18.7. The molecule has 140 valence electrons. The first-order valence-electron chi connectivity index (χ1n) is 9.89. The zero-order valence-corrected chi connectivity index (χ0v) is 16.5. The monoisotopic (exact) mass is 353 g/mol. The van der Waals surface area contributed by atoms with Gasteiger partial charge in [-0.15, -0.1) is 0 Å². The van der Waals surface area contributed by atoms with Crippen LogP contribution in [0.2, 0.25) is 0 Å². The van der Waals surface area contributed by atoms with E-state index in [1.165, 1.54) is 12.8 Å². The van der Waals surface area contributed by atoms with E-state index in [1.807, 2.05) is 30.3 Å². The lowest BCUT2D eigenvalue weighted by molar-refractivity contribution is 0.0937. The Hall–Kier alpha value is -2.10. The zero-order valence-electron chi connectivity index (χ0n) is 16.5. The summed E-state index contributed by atoms with van der Waals surface area (Å²) in [4.78, 5) is 20.2. The second-order valence-electron chi connectivity index (χ2n) is 8.24. The molecule has 3 rings (SSSR count). The molecule has 1 saturated heterocycles. The molecule has 1 aromatic heterocycles. The van der Waals surface area contributed by atoms with Crippen LogP contribution in [0.4, 0.5) is 5.82 Å². The Kier molecular flexibility index (Phi) is 5.80. The topological polar surface area (TPSA) is 45.2 Å². The zero-order chi connectivity index (χ0) is 18.7. The molecule has 1 N–H and O–H groups in total. The van der Waals surface area contributed by atoms with Crippen molar-refractivity contribution in [2.24, 2.45) is 11.8 Å². The van der Waals surface area contributed by atoms with Gasteiger partial charge in [-0.1, -0.05) is 39.0 Å². The lowest BCUT2D eigenvalue weighted by Crippen LogP contribution is -2.36. The quantitative estimate of drug-likeness (QED) is 0.852. The molecule has 4 nitrogen and oxygen atoms in total. The number of nitrogens with one attached hydrogen (secondary N) is 1. The number of hydrogen-bond donors (Lipinski definition) is 1. The summed E-state index contributed by atoms with van der Waals surface area (Å²) < 4.78 is 0. The van der Waals surface area contributed by atoms with E-state index in [-0.39, 0.29) is 11.9 Å². The summed E-state index contributed by atoms with van der Waals surface area (Å²) in [6, 6.07) is 10.1. The van der Waals surface area contributed by atoms with Crippen LogP contribution in [-0.2, 0) is 0 Å². The largest absolute Gasteiger partial charge is 0.356 e. The number of nitrogens with zero attached hydrogens (tertiary/aromatic N) is 2. The van der Waals surface area contributed by atoms with Crippen molar-refractivity contribution in [1.82, 2.24) is 10.3 Å². The maximum atomic E-state index is 13.0. The van der Waals surface area contributed by atoms with Crippen molar-refractivity contribution in [3.8, 4) is 0 Å². The summed E-state index contributed by atoms with van der Waals surface area (Å²) in [6.07, 6.45) is 3.43. The van der Waals surface area contributed by atoms with Gasteiger partial charge in [-0.05, 0) is 50.2 Å². The number of hydrogen-bond acceptors (Lipinski definition) is 3. The van der Waals surface area contributed by atoms with E-state index in [9.17, 15) is 4.79 Å². The molecule has 0 radical (unpaired) electrons. The highest BCUT2D eigenvalue weighted by Crippen LogP contribution is 2.26. The van der Waals surface area contributed by atoms with Gasteiger partial charge in [0, 0.05) is 24.5 Å². The van der Waals surface area contributed by atoms with Crippen LogP contribution in [0.25, 0.3) is 10.9 Å². The Morgan fingerprint density at radius 1 is 1.31 bits per heavy atom. The maximum absolute atomic E-state index is 13.0. The van der Waals surface area contributed by atoms with E-state index in [1.54, 1.807) is 0 Å². The van der Waals surface area contributed by atoms with Gasteiger partial charge in [0.1, 0.15) is 5.82 Å². The standard InChI is InChI=1S/C22H31N3O/c1-15(2)12-17(4)23-22(26)19-13-21(25-11-7-8-16(3)14-25)24-20-10-6-5-9-18(19)20/h5-6,9-10,13,15-17H,7-8,11-12,14H2,1-4H3,(H,23,26). The maximum Gasteiger partial charge on any atom is 0.252 e. The average Bonchev–Trinajstić information content (AvgIpc) is 2.60. The molecular formula is C22H31N3O. The molecule has 4 heteroatoms. The van der Waals surface area contributed by atoms with Crippen molar-refractivity contribution >= 4 is 22.6 Å². The first-order valence-corrected chi connectivity index (χ1v) is 9.89. The van der Waals surface area contributed by atoms with Crippen LogP contribution in [0, 0.1) is 11.8 Å². The third-order valence-electron chi connectivity index (χ3n) is 5.13. The van der Waals surface area contributed by atoms with Crippen molar-refractivity contribution < 1.29 is 4.79 Å². The Morgan fingerprint density at radius 2 is 2.08 bits per heavy atom. The predicted molar refractivity (Wildman–Crippen MR) is 109 cm³/mol. The minimum atomic E-state index is 0.00283. The van der Waals surface area contributed by atoms with E-state index in [0.717, 1.165) is 41.8 Å². The van der Waals surface area contributed by atoms with Crippen molar-refractivity contribution in [3.05, 3.63) is 35.9 Å². The summed E-state index contributed by atoms with van der Waals surface area (Å²) in [5.74, 6) is 2.16. The van der Waals surface area contributed by atoms with Gasteiger partial charge in [0.05, 0.1) is 11.1 Å². The van der Waals surface area contributed by atoms with Crippen molar-refractivity contribution in [2.45, 2.75) is 53.0 Å². The molecule has 0 spiro atoms. The molecule has 2 heterocycles. The van der Waals surface area contributed by atoms with E-state index >= 15 is 0 Å². The van der Waals surface area contributed by atoms with Gasteiger partial charge in [-0.2, -0.15) is 0 Å². The van der Waals surface area contributed by atoms with E-state index in [2.05, 4.69) is 37.9 Å². The Labute approximate surface area is 157 Å². The number of rotatable bonds is 5. The number of carbonyl (C=O) groups is 1. The van der Waals surface area contributed by atoms with Crippen molar-refractivity contribution in [3.63, 3.8) is 0 Å². The van der Waals surface area contributed by atoms with Gasteiger partial charge >= 0.3 is 0 Å². The fourth-order valence-corrected chi connectivity index (χ4v) is 3.98. The smallest absolute Gasteiger partial charge is 0.252 e. The summed E-state index contributed by atoms with van der Waals surface area (Å²) in [5.41, 5.74) is 1.63. The van der Waals surface area contributed by atoms with Crippen LogP contribution in [0.5, 0.6) is 0 Å². The second kappa shape index (κ2) is 8.07. The van der Waals surface area contributed by atoms with Gasteiger partial charge in [-0.3, -0.25) is 4.79 Å². The van der Waals surface area contributed by atoms with E-state index in [4.69, 9.17) is 4.98 Å². The fraction of sp³-hybridized carbons (Fsp3) is 0.545. The lowest BCUT2D eigenvalue weighted by atomic mass is 10.00. The van der Waals surface area contributed by atoms with Crippen LogP contribution in [0.3, 0.4) is 0 Å². The summed E-state index contributed by atoms with van der Waals surface area (Å²) in [6.45, 7) is 10.7. The number of pyridine rings is 1. The van der Waals surface area contributed by atoms with Crippen LogP contribution >= 0.6 is 0 Å². The number of carbonyl (C=O) groups excluding carboxylic acids is 1. The molecule has 2 unspecified atom stereocenters. The number of amides is 1. The molecule has 1 aliphatic rings. The number of piperidine rings is 1. The molecule has 2 aromatic rings. The van der Waals surface area contributed by atoms with Gasteiger partial charge in [0.25, 0.3) is 5.91 Å². The molecule has 1 aliphatic heterocycles. The van der Waals surface area contributed by atoms with Crippen LogP contribution < -0.4 is 10.2 Å². The first-order chi connectivity index (χ1) is 12.4. The molecule has 1 fully saturated rings. The van der Waals surface area contributed by atoms with Gasteiger partial charge in [0.2, 0.25) is 0 Å². The number of aromatic nitrogens is 1. The average molecular weight is 354 g/mol. The molecular weight excluding hydrogens is 322 g/mol. The number of benzene rings is 1. The van der Waals surface area contributed by atoms with E-state index < -0.39 is 0 Å². The minimum absolute atomic E-state index is 0.00283. The fourth-order valence-electron chi connectivity index (χ4n) is 3.98. The van der Waals surface area contributed by atoms with Crippen LogP contribution in [-0.4, -0.2) is 30.0 Å². The molecule has 2 atom stereocenters. The molecule has 0 aliphatic carbocycles. The van der Waals surface area contributed by atoms with Gasteiger partial charge in [0.15, 0.2) is 0 Å².